The van der Waals surface area contributed by atoms with Gasteiger partial charge >= 0.3 is 0 Å². The van der Waals surface area contributed by atoms with E-state index >= 15 is 0 Å². The van der Waals surface area contributed by atoms with Crippen molar-refractivity contribution in [3.8, 4) is 5.75 Å². The van der Waals surface area contributed by atoms with E-state index in [2.05, 4.69) is 22.1 Å². The Balaban J connectivity index is 1.59. The molecule has 1 aromatic heterocycles. The Kier molecular flexibility index (Phi) is 6.69. The van der Waals surface area contributed by atoms with Crippen LogP contribution in [0.15, 0.2) is 42.7 Å². The number of rotatable bonds is 7. The number of methoxy groups -OCH3 is 1. The molecule has 5 nitrogen and oxygen atoms in total. The van der Waals surface area contributed by atoms with Crippen molar-refractivity contribution in [2.45, 2.75) is 45.1 Å². The highest BCUT2D eigenvalue weighted by Crippen LogP contribution is 2.26. The number of aromatic nitrogens is 1. The van der Waals surface area contributed by atoms with Crippen LogP contribution < -0.4 is 15.0 Å². The maximum Gasteiger partial charge on any atom is 0.252 e. The number of nitrogens with one attached hydrogen (secondary N) is 1. The van der Waals surface area contributed by atoms with E-state index in [1.807, 2.05) is 36.5 Å². The first-order valence-electron chi connectivity index (χ1n) is 9.84. The van der Waals surface area contributed by atoms with Crippen LogP contribution in [-0.2, 0) is 6.42 Å². The second-order valence-corrected chi connectivity index (χ2v) is 7.04. The van der Waals surface area contributed by atoms with Crippen molar-refractivity contribution in [3.05, 3.63) is 53.9 Å². The molecule has 1 amide bonds. The second kappa shape index (κ2) is 9.40. The predicted molar refractivity (Wildman–Crippen MR) is 109 cm³/mol. The first-order valence-corrected chi connectivity index (χ1v) is 9.84. The van der Waals surface area contributed by atoms with Gasteiger partial charge < -0.3 is 15.0 Å². The van der Waals surface area contributed by atoms with Gasteiger partial charge in [0, 0.05) is 25.3 Å². The molecule has 1 unspecified atom stereocenters. The van der Waals surface area contributed by atoms with Crippen LogP contribution >= 0.6 is 0 Å². The van der Waals surface area contributed by atoms with E-state index in [-0.39, 0.29) is 5.91 Å². The third-order valence-corrected chi connectivity index (χ3v) is 5.25. The number of amides is 1. The summed E-state index contributed by atoms with van der Waals surface area (Å²) in [4.78, 5) is 19.3. The summed E-state index contributed by atoms with van der Waals surface area (Å²) < 4.78 is 5.24. The molecular formula is C22H29N3O2. The fourth-order valence-electron chi connectivity index (χ4n) is 3.72. The molecule has 1 aliphatic heterocycles. The van der Waals surface area contributed by atoms with Gasteiger partial charge in [-0.1, -0.05) is 19.1 Å². The monoisotopic (exact) mass is 367 g/mol. The number of nitrogens with zero attached hydrogens (tertiary/aromatic N) is 2. The SMILES string of the molecule is CCC1CCCCN1c1cncc(C(=O)NCCc2cccc(OC)c2)c1. The largest absolute Gasteiger partial charge is 0.497 e. The number of benzene rings is 1. The van der Waals surface area contributed by atoms with Crippen LogP contribution in [0, 0.1) is 0 Å². The number of pyridine rings is 1. The van der Waals surface area contributed by atoms with Crippen LogP contribution in [0.1, 0.15) is 48.5 Å². The molecule has 0 bridgehead atoms. The summed E-state index contributed by atoms with van der Waals surface area (Å²) in [6.45, 7) is 3.85. The molecule has 1 aromatic carbocycles. The van der Waals surface area contributed by atoms with Gasteiger partial charge in [-0.2, -0.15) is 0 Å². The normalized spacial score (nSPS) is 16.8. The Morgan fingerprint density at radius 1 is 1.30 bits per heavy atom. The highest BCUT2D eigenvalue weighted by atomic mass is 16.5. The summed E-state index contributed by atoms with van der Waals surface area (Å²) in [7, 11) is 1.66. The number of piperidine rings is 1. The van der Waals surface area contributed by atoms with Crippen molar-refractivity contribution < 1.29 is 9.53 Å². The van der Waals surface area contributed by atoms with Crippen molar-refractivity contribution in [2.75, 3.05) is 25.1 Å². The Hall–Kier alpha value is -2.56. The average Bonchev–Trinajstić information content (AvgIpc) is 2.74. The Labute approximate surface area is 161 Å². The lowest BCUT2D eigenvalue weighted by atomic mass is 9.99. The molecule has 2 heterocycles. The van der Waals surface area contributed by atoms with E-state index in [0.29, 0.717) is 18.2 Å². The number of hydrogen-bond acceptors (Lipinski definition) is 4. The molecule has 2 aromatic rings. The highest BCUT2D eigenvalue weighted by Gasteiger charge is 2.22. The molecular weight excluding hydrogens is 338 g/mol. The fraction of sp³-hybridized carbons (Fsp3) is 0.455. The molecule has 1 N–H and O–H groups in total. The van der Waals surface area contributed by atoms with Gasteiger partial charge in [-0.05, 0) is 55.9 Å². The predicted octanol–water partition coefficient (Wildman–Crippen LogP) is 3.83. The minimum Gasteiger partial charge on any atom is -0.497 e. The molecule has 1 aliphatic rings. The van der Waals surface area contributed by atoms with E-state index < -0.39 is 0 Å². The van der Waals surface area contributed by atoms with Crippen LogP contribution in [-0.4, -0.2) is 37.1 Å². The fourth-order valence-corrected chi connectivity index (χ4v) is 3.72. The van der Waals surface area contributed by atoms with E-state index in [0.717, 1.165) is 36.4 Å². The van der Waals surface area contributed by atoms with Gasteiger partial charge in [0.05, 0.1) is 24.6 Å². The van der Waals surface area contributed by atoms with Gasteiger partial charge in [-0.25, -0.2) is 0 Å². The minimum absolute atomic E-state index is 0.0719. The maximum absolute atomic E-state index is 12.5. The zero-order valence-electron chi connectivity index (χ0n) is 16.3. The summed E-state index contributed by atoms with van der Waals surface area (Å²) >= 11 is 0. The molecule has 1 atom stereocenters. The van der Waals surface area contributed by atoms with E-state index in [4.69, 9.17) is 4.74 Å². The number of anilines is 1. The molecule has 0 saturated carbocycles. The molecule has 144 valence electrons. The van der Waals surface area contributed by atoms with Crippen LogP contribution in [0.2, 0.25) is 0 Å². The standard InChI is InChI=1S/C22H29N3O2/c1-3-19-8-4-5-12-25(19)20-14-18(15-23-16-20)22(26)24-11-10-17-7-6-9-21(13-17)27-2/h6-7,9,13-16,19H,3-5,8,10-12H2,1-2H3,(H,24,26). The summed E-state index contributed by atoms with van der Waals surface area (Å²) in [5.74, 6) is 0.764. The topological polar surface area (TPSA) is 54.5 Å². The smallest absolute Gasteiger partial charge is 0.252 e. The Morgan fingerprint density at radius 2 is 2.19 bits per heavy atom. The summed E-state index contributed by atoms with van der Waals surface area (Å²) in [6.07, 6.45) is 9.11. The molecule has 1 fully saturated rings. The van der Waals surface area contributed by atoms with Crippen LogP contribution in [0.25, 0.3) is 0 Å². The van der Waals surface area contributed by atoms with Crippen molar-refractivity contribution in [1.29, 1.82) is 0 Å². The van der Waals surface area contributed by atoms with Crippen LogP contribution in [0.4, 0.5) is 5.69 Å². The van der Waals surface area contributed by atoms with Gasteiger partial charge in [0.1, 0.15) is 5.75 Å². The van der Waals surface area contributed by atoms with Crippen molar-refractivity contribution in [3.63, 3.8) is 0 Å². The second-order valence-electron chi connectivity index (χ2n) is 7.04. The molecule has 27 heavy (non-hydrogen) atoms. The van der Waals surface area contributed by atoms with E-state index in [1.165, 1.54) is 19.3 Å². The first kappa shape index (κ1) is 19.2. The molecule has 5 heteroatoms. The van der Waals surface area contributed by atoms with Crippen molar-refractivity contribution in [1.82, 2.24) is 10.3 Å². The van der Waals surface area contributed by atoms with Crippen molar-refractivity contribution >= 4 is 11.6 Å². The van der Waals surface area contributed by atoms with E-state index in [1.54, 1.807) is 13.3 Å². The quantitative estimate of drug-likeness (QED) is 0.808. The zero-order valence-corrected chi connectivity index (χ0v) is 16.3. The lowest BCUT2D eigenvalue weighted by molar-refractivity contribution is 0.0954. The van der Waals surface area contributed by atoms with E-state index in [9.17, 15) is 4.79 Å². The maximum atomic E-state index is 12.5. The van der Waals surface area contributed by atoms with Gasteiger partial charge in [-0.3, -0.25) is 9.78 Å². The van der Waals surface area contributed by atoms with Gasteiger partial charge in [0.2, 0.25) is 0 Å². The average molecular weight is 367 g/mol. The van der Waals surface area contributed by atoms with Crippen LogP contribution in [0.3, 0.4) is 0 Å². The van der Waals surface area contributed by atoms with Gasteiger partial charge in [-0.15, -0.1) is 0 Å². The third kappa shape index (κ3) is 5.00. The lowest BCUT2D eigenvalue weighted by Crippen LogP contribution is -2.39. The van der Waals surface area contributed by atoms with Crippen LogP contribution in [0.5, 0.6) is 5.75 Å². The molecule has 3 rings (SSSR count). The number of carbonyl (C=O) groups excluding carboxylic acids is 1. The zero-order chi connectivity index (χ0) is 19.1. The summed E-state index contributed by atoms with van der Waals surface area (Å²) in [5.41, 5.74) is 2.82. The molecule has 1 saturated heterocycles. The number of hydrogen-bond donors (Lipinski definition) is 1. The summed E-state index contributed by atoms with van der Waals surface area (Å²) in [5, 5.41) is 3.00. The Morgan fingerprint density at radius 3 is 3.00 bits per heavy atom. The minimum atomic E-state index is -0.0719. The molecule has 0 spiro atoms. The van der Waals surface area contributed by atoms with Gasteiger partial charge in [0.15, 0.2) is 0 Å². The highest BCUT2D eigenvalue weighted by molar-refractivity contribution is 5.94. The number of carbonyl (C=O) groups is 1. The lowest BCUT2D eigenvalue weighted by Gasteiger charge is -2.37. The number of ether oxygens (including phenoxy) is 1. The third-order valence-electron chi connectivity index (χ3n) is 5.25. The first-order chi connectivity index (χ1) is 13.2. The Bertz CT molecular complexity index is 763. The summed E-state index contributed by atoms with van der Waals surface area (Å²) in [6, 6.07) is 10.4. The molecule has 0 radical (unpaired) electrons. The molecule has 0 aliphatic carbocycles. The van der Waals surface area contributed by atoms with Crippen molar-refractivity contribution in [2.24, 2.45) is 0 Å². The van der Waals surface area contributed by atoms with Gasteiger partial charge in [0.25, 0.3) is 5.91 Å².